The molecule has 0 bridgehead atoms. The fourth-order valence-electron chi connectivity index (χ4n) is 2.24. The number of nitrogens with two attached hydrogens (primary N) is 1. The molecule has 1 aromatic carbocycles. The highest BCUT2D eigenvalue weighted by Crippen LogP contribution is 2.22. The molecule has 0 aliphatic heterocycles. The monoisotopic (exact) mass is 314 g/mol. The van der Waals surface area contributed by atoms with Crippen molar-refractivity contribution in [3.8, 4) is 0 Å². The number of aromatic nitrogens is 4. The standard InChI is InChI=1S/C14H17N5.C3H9N/c1-4-12-17-18-14-13(15-9(2)3)16-10-7-5-6-8-11(10)19(12)14;1-3(2)4/h5-9H,4H2,1-3H3,(H,15,16);3H,4H2,1-2H3. The van der Waals surface area contributed by atoms with E-state index in [9.17, 15) is 0 Å². The first-order chi connectivity index (χ1) is 10.9. The molecule has 2 heterocycles. The fraction of sp³-hybridized carbons (Fsp3) is 0.471. The number of nitrogens with zero attached hydrogens (tertiary/aromatic N) is 4. The van der Waals surface area contributed by atoms with Gasteiger partial charge in [-0.2, -0.15) is 0 Å². The van der Waals surface area contributed by atoms with Crippen LogP contribution in [0.15, 0.2) is 24.3 Å². The number of benzene rings is 1. The summed E-state index contributed by atoms with van der Waals surface area (Å²) >= 11 is 0. The molecular weight excluding hydrogens is 288 g/mol. The van der Waals surface area contributed by atoms with E-state index in [1.807, 2.05) is 32.0 Å². The van der Waals surface area contributed by atoms with Crippen molar-refractivity contribution in [3.05, 3.63) is 30.1 Å². The smallest absolute Gasteiger partial charge is 0.204 e. The van der Waals surface area contributed by atoms with Crippen molar-refractivity contribution in [2.75, 3.05) is 5.32 Å². The highest BCUT2D eigenvalue weighted by molar-refractivity contribution is 5.82. The summed E-state index contributed by atoms with van der Waals surface area (Å²) in [6, 6.07) is 8.71. The SMILES string of the molecule is CC(C)N.CCc1nnc2c(NC(C)C)nc3ccccc3n12. The van der Waals surface area contributed by atoms with Crippen LogP contribution in [-0.2, 0) is 6.42 Å². The summed E-state index contributed by atoms with van der Waals surface area (Å²) in [6.45, 7) is 10.1. The molecule has 0 aliphatic carbocycles. The van der Waals surface area contributed by atoms with Crippen molar-refractivity contribution in [3.63, 3.8) is 0 Å². The maximum absolute atomic E-state index is 5.11. The zero-order valence-electron chi connectivity index (χ0n) is 14.5. The van der Waals surface area contributed by atoms with Gasteiger partial charge in [0, 0.05) is 12.5 Å². The second-order valence-corrected chi connectivity index (χ2v) is 6.12. The van der Waals surface area contributed by atoms with Crippen molar-refractivity contribution in [2.45, 2.75) is 53.1 Å². The van der Waals surface area contributed by atoms with Gasteiger partial charge in [0.1, 0.15) is 5.82 Å². The summed E-state index contributed by atoms with van der Waals surface area (Å²) in [6.07, 6.45) is 0.844. The van der Waals surface area contributed by atoms with E-state index in [0.29, 0.717) is 12.1 Å². The van der Waals surface area contributed by atoms with Gasteiger partial charge in [0.05, 0.1) is 11.0 Å². The van der Waals surface area contributed by atoms with Crippen LogP contribution in [0.4, 0.5) is 5.82 Å². The Labute approximate surface area is 137 Å². The summed E-state index contributed by atoms with van der Waals surface area (Å²) < 4.78 is 2.09. The van der Waals surface area contributed by atoms with Crippen LogP contribution in [0, 0.1) is 0 Å². The molecule has 0 radical (unpaired) electrons. The Hall–Kier alpha value is -2.21. The molecule has 3 rings (SSSR count). The van der Waals surface area contributed by atoms with Crippen molar-refractivity contribution >= 4 is 22.5 Å². The van der Waals surface area contributed by atoms with Crippen molar-refractivity contribution < 1.29 is 0 Å². The molecule has 0 saturated heterocycles. The number of hydrogen-bond donors (Lipinski definition) is 2. The summed E-state index contributed by atoms with van der Waals surface area (Å²) in [5.74, 6) is 1.75. The van der Waals surface area contributed by atoms with Gasteiger partial charge in [-0.15, -0.1) is 10.2 Å². The second kappa shape index (κ2) is 7.37. The lowest BCUT2D eigenvalue weighted by Gasteiger charge is -2.12. The highest BCUT2D eigenvalue weighted by atomic mass is 15.3. The molecule has 3 aromatic rings. The lowest BCUT2D eigenvalue weighted by atomic mass is 10.3. The van der Waals surface area contributed by atoms with E-state index in [1.165, 1.54) is 0 Å². The zero-order valence-corrected chi connectivity index (χ0v) is 14.5. The largest absolute Gasteiger partial charge is 0.365 e. The zero-order chi connectivity index (χ0) is 17.0. The summed E-state index contributed by atoms with van der Waals surface area (Å²) in [4.78, 5) is 4.66. The first-order valence-electron chi connectivity index (χ1n) is 8.08. The van der Waals surface area contributed by atoms with Crippen LogP contribution >= 0.6 is 0 Å². The van der Waals surface area contributed by atoms with Gasteiger partial charge in [-0.05, 0) is 32.0 Å². The van der Waals surface area contributed by atoms with Crippen molar-refractivity contribution in [2.24, 2.45) is 5.73 Å². The highest BCUT2D eigenvalue weighted by Gasteiger charge is 2.14. The Bertz CT molecular complexity index is 772. The molecule has 0 spiro atoms. The average molecular weight is 314 g/mol. The summed E-state index contributed by atoms with van der Waals surface area (Å²) in [5, 5.41) is 11.9. The molecule has 0 fully saturated rings. The summed E-state index contributed by atoms with van der Waals surface area (Å²) in [5.41, 5.74) is 7.91. The van der Waals surface area contributed by atoms with Gasteiger partial charge >= 0.3 is 0 Å². The van der Waals surface area contributed by atoms with Gasteiger partial charge in [-0.1, -0.05) is 32.9 Å². The lowest BCUT2D eigenvalue weighted by Crippen LogP contribution is -2.13. The third-order valence-corrected chi connectivity index (χ3v) is 3.04. The quantitative estimate of drug-likeness (QED) is 0.776. The average Bonchev–Trinajstić information content (AvgIpc) is 2.91. The van der Waals surface area contributed by atoms with Gasteiger partial charge in [0.25, 0.3) is 0 Å². The third-order valence-electron chi connectivity index (χ3n) is 3.04. The van der Waals surface area contributed by atoms with Gasteiger partial charge < -0.3 is 11.1 Å². The van der Waals surface area contributed by atoms with Crippen LogP contribution in [0.25, 0.3) is 16.7 Å². The van der Waals surface area contributed by atoms with Crippen LogP contribution < -0.4 is 11.1 Å². The van der Waals surface area contributed by atoms with Crippen molar-refractivity contribution in [1.29, 1.82) is 0 Å². The Morgan fingerprint density at radius 3 is 2.39 bits per heavy atom. The molecule has 0 amide bonds. The predicted molar refractivity (Wildman–Crippen MR) is 95.7 cm³/mol. The Morgan fingerprint density at radius 1 is 1.13 bits per heavy atom. The Balaban J connectivity index is 0.000000433. The number of fused-ring (bicyclic) bond motifs is 3. The van der Waals surface area contributed by atoms with E-state index in [4.69, 9.17) is 5.73 Å². The van der Waals surface area contributed by atoms with Gasteiger partial charge in [-0.3, -0.25) is 4.40 Å². The molecule has 0 atom stereocenters. The van der Waals surface area contributed by atoms with Crippen LogP contribution in [0.3, 0.4) is 0 Å². The van der Waals surface area contributed by atoms with Gasteiger partial charge in [0.15, 0.2) is 5.82 Å². The number of aryl methyl sites for hydroxylation is 1. The molecule has 6 heteroatoms. The van der Waals surface area contributed by atoms with E-state index in [2.05, 4.69) is 51.7 Å². The van der Waals surface area contributed by atoms with Crippen LogP contribution in [0.1, 0.15) is 40.4 Å². The first kappa shape index (κ1) is 17.1. The predicted octanol–water partition coefficient (Wildman–Crippen LogP) is 3.01. The first-order valence-corrected chi connectivity index (χ1v) is 8.08. The number of anilines is 1. The number of rotatable bonds is 3. The van der Waals surface area contributed by atoms with E-state index >= 15 is 0 Å². The minimum absolute atomic E-state index is 0.305. The molecule has 3 N–H and O–H groups in total. The molecule has 0 unspecified atom stereocenters. The van der Waals surface area contributed by atoms with Gasteiger partial charge in [-0.25, -0.2) is 4.98 Å². The normalized spacial score (nSPS) is 11.1. The van der Waals surface area contributed by atoms with E-state index in [1.54, 1.807) is 0 Å². The number of nitrogens with one attached hydrogen (secondary N) is 1. The minimum atomic E-state index is 0.305. The van der Waals surface area contributed by atoms with E-state index < -0.39 is 0 Å². The van der Waals surface area contributed by atoms with E-state index in [-0.39, 0.29) is 0 Å². The van der Waals surface area contributed by atoms with Crippen LogP contribution in [0.5, 0.6) is 0 Å². The molecule has 0 saturated carbocycles. The fourth-order valence-corrected chi connectivity index (χ4v) is 2.24. The molecule has 6 nitrogen and oxygen atoms in total. The van der Waals surface area contributed by atoms with Crippen LogP contribution in [-0.4, -0.2) is 31.7 Å². The maximum atomic E-state index is 5.11. The number of hydrogen-bond acceptors (Lipinski definition) is 5. The maximum Gasteiger partial charge on any atom is 0.204 e. The topological polar surface area (TPSA) is 81.1 Å². The molecular formula is C17H26N6. The Kier molecular flexibility index (Phi) is 5.50. The lowest BCUT2D eigenvalue weighted by molar-refractivity contribution is 0.834. The Morgan fingerprint density at radius 2 is 1.78 bits per heavy atom. The molecule has 0 aliphatic rings. The third kappa shape index (κ3) is 3.96. The molecule has 124 valence electrons. The minimum Gasteiger partial charge on any atom is -0.365 e. The summed E-state index contributed by atoms with van der Waals surface area (Å²) in [7, 11) is 0. The van der Waals surface area contributed by atoms with Crippen molar-refractivity contribution in [1.82, 2.24) is 19.6 Å². The molecule has 23 heavy (non-hydrogen) atoms. The van der Waals surface area contributed by atoms with E-state index in [0.717, 1.165) is 34.7 Å². The number of para-hydroxylation sites is 2. The van der Waals surface area contributed by atoms with Gasteiger partial charge in [0.2, 0.25) is 5.65 Å². The molecule has 2 aromatic heterocycles. The second-order valence-electron chi connectivity index (χ2n) is 6.12. The van der Waals surface area contributed by atoms with Crippen LogP contribution in [0.2, 0.25) is 0 Å².